The Morgan fingerprint density at radius 2 is 2.07 bits per heavy atom. The summed E-state index contributed by atoms with van der Waals surface area (Å²) >= 11 is 1.46. The Morgan fingerprint density at radius 3 is 2.82 bits per heavy atom. The average molecular weight is 409 g/mol. The van der Waals surface area contributed by atoms with E-state index < -0.39 is 17.2 Å². The van der Waals surface area contributed by atoms with Gasteiger partial charge in [0.25, 0.3) is 0 Å². The maximum absolute atomic E-state index is 13.3. The third-order valence-electron chi connectivity index (χ3n) is 5.67. The van der Waals surface area contributed by atoms with E-state index in [9.17, 15) is 13.9 Å². The number of aryl methyl sites for hydroxylation is 1. The zero-order valence-corrected chi connectivity index (χ0v) is 16.9. The Kier molecular flexibility index (Phi) is 5.67. The molecule has 1 N–H and O–H groups in total. The van der Waals surface area contributed by atoms with Gasteiger partial charge in [-0.05, 0) is 63.6 Å². The second kappa shape index (κ2) is 8.05. The van der Waals surface area contributed by atoms with Crippen LogP contribution in [0.3, 0.4) is 0 Å². The van der Waals surface area contributed by atoms with Crippen molar-refractivity contribution in [2.24, 2.45) is 5.92 Å². The summed E-state index contributed by atoms with van der Waals surface area (Å²) in [4.78, 5) is 8.00. The summed E-state index contributed by atoms with van der Waals surface area (Å²) in [6.07, 6.45) is 5.05. The third-order valence-corrected chi connectivity index (χ3v) is 7.00. The van der Waals surface area contributed by atoms with Gasteiger partial charge in [-0.3, -0.25) is 0 Å². The second-order valence-corrected chi connectivity index (χ2v) is 9.10. The molecule has 1 aromatic carbocycles. The molecule has 2 aromatic rings. The number of rotatable bonds is 6. The average Bonchev–Trinajstić information content (AvgIpc) is 3.43. The monoisotopic (exact) mass is 408 g/mol. The van der Waals surface area contributed by atoms with E-state index in [0.717, 1.165) is 59.7 Å². The van der Waals surface area contributed by atoms with Crippen LogP contribution in [0.2, 0.25) is 0 Å². The smallest absolute Gasteiger partial charge is 0.162 e. The van der Waals surface area contributed by atoms with Crippen LogP contribution in [-0.4, -0.2) is 34.6 Å². The molecule has 0 radical (unpaired) electrons. The molecule has 1 aromatic heterocycles. The molecule has 1 saturated carbocycles. The fraction of sp³-hybridized carbons (Fsp3) is 0.571. The molecule has 28 heavy (non-hydrogen) atoms. The summed E-state index contributed by atoms with van der Waals surface area (Å²) in [5, 5.41) is 12.0. The number of halogens is 2. The Balaban J connectivity index is 1.41. The van der Waals surface area contributed by atoms with Gasteiger partial charge in [0.1, 0.15) is 23.0 Å². The number of likely N-dealkylation sites (tertiary alicyclic amines) is 1. The van der Waals surface area contributed by atoms with Crippen LogP contribution >= 0.6 is 11.3 Å². The molecule has 4 rings (SSSR count). The summed E-state index contributed by atoms with van der Waals surface area (Å²) in [5.41, 5.74) is -0.0800. The summed E-state index contributed by atoms with van der Waals surface area (Å²) in [6, 6.07) is 3.50. The molecule has 0 spiro atoms. The van der Waals surface area contributed by atoms with Crippen molar-refractivity contribution in [3.8, 4) is 5.75 Å². The van der Waals surface area contributed by atoms with E-state index in [1.807, 2.05) is 6.92 Å². The number of hydrogen-bond acceptors (Lipinski definition) is 5. The van der Waals surface area contributed by atoms with Crippen molar-refractivity contribution >= 4 is 11.3 Å². The predicted octanol–water partition coefficient (Wildman–Crippen LogP) is 4.39. The van der Waals surface area contributed by atoms with Crippen molar-refractivity contribution in [1.82, 2.24) is 9.88 Å². The van der Waals surface area contributed by atoms with Crippen molar-refractivity contribution < 1.29 is 18.6 Å². The first-order valence-corrected chi connectivity index (χ1v) is 10.7. The molecule has 0 unspecified atom stereocenters. The van der Waals surface area contributed by atoms with Gasteiger partial charge in [0.2, 0.25) is 0 Å². The summed E-state index contributed by atoms with van der Waals surface area (Å²) in [7, 11) is 0. The second-order valence-electron chi connectivity index (χ2n) is 8.02. The Hall–Kier alpha value is -1.57. The lowest BCUT2D eigenvalue weighted by atomic mass is 9.96. The van der Waals surface area contributed by atoms with Gasteiger partial charge >= 0.3 is 0 Å². The van der Waals surface area contributed by atoms with Crippen molar-refractivity contribution in [2.75, 3.05) is 19.6 Å². The van der Waals surface area contributed by atoms with E-state index in [1.54, 1.807) is 0 Å². The SMILES string of the molecule is Cc1nc([C@@]2(O)CCCN(CC3CC3)CC2)sc1COc1ccc(F)c(F)c1. The molecule has 7 heteroatoms. The maximum atomic E-state index is 13.3. The highest BCUT2D eigenvalue weighted by Gasteiger charge is 2.36. The van der Waals surface area contributed by atoms with E-state index in [-0.39, 0.29) is 12.4 Å². The van der Waals surface area contributed by atoms with E-state index in [2.05, 4.69) is 9.88 Å². The first-order valence-electron chi connectivity index (χ1n) is 9.92. The van der Waals surface area contributed by atoms with Crippen LogP contribution in [-0.2, 0) is 12.2 Å². The highest BCUT2D eigenvalue weighted by molar-refractivity contribution is 7.11. The third kappa shape index (κ3) is 4.53. The fourth-order valence-corrected chi connectivity index (χ4v) is 4.83. The molecule has 1 atom stereocenters. The van der Waals surface area contributed by atoms with Crippen LogP contribution in [0.5, 0.6) is 5.75 Å². The van der Waals surface area contributed by atoms with Gasteiger partial charge in [-0.1, -0.05) is 0 Å². The molecule has 1 aliphatic carbocycles. The van der Waals surface area contributed by atoms with E-state index >= 15 is 0 Å². The highest BCUT2D eigenvalue weighted by Crippen LogP contribution is 2.38. The lowest BCUT2D eigenvalue weighted by Gasteiger charge is -2.24. The van der Waals surface area contributed by atoms with Gasteiger partial charge < -0.3 is 14.7 Å². The molecule has 2 aliphatic rings. The topological polar surface area (TPSA) is 45.6 Å². The van der Waals surface area contributed by atoms with Crippen molar-refractivity contribution in [3.05, 3.63) is 45.4 Å². The lowest BCUT2D eigenvalue weighted by Crippen LogP contribution is -2.30. The Labute approximate surface area is 168 Å². The number of aromatic nitrogens is 1. The van der Waals surface area contributed by atoms with E-state index in [0.29, 0.717) is 12.8 Å². The standard InChI is InChI=1S/C21H26F2N2O2S/c1-14-19(13-27-16-5-6-17(22)18(23)11-16)28-20(24-14)21(26)7-2-9-25(10-8-21)12-15-3-4-15/h5-6,11,15,26H,2-4,7-10,12-13H2,1H3/t21-/m1/s1. The molecule has 1 aliphatic heterocycles. The summed E-state index contributed by atoms with van der Waals surface area (Å²) in [6.45, 7) is 5.20. The van der Waals surface area contributed by atoms with E-state index in [1.165, 1.54) is 30.2 Å². The van der Waals surface area contributed by atoms with Crippen molar-refractivity contribution in [1.29, 1.82) is 0 Å². The normalized spacial score (nSPS) is 23.6. The number of thiazole rings is 1. The van der Waals surface area contributed by atoms with Gasteiger partial charge in [0.15, 0.2) is 11.6 Å². The largest absolute Gasteiger partial charge is 0.488 e. The van der Waals surface area contributed by atoms with Crippen LogP contribution in [0.25, 0.3) is 0 Å². The van der Waals surface area contributed by atoms with Crippen LogP contribution in [0.1, 0.15) is 47.7 Å². The zero-order valence-electron chi connectivity index (χ0n) is 16.1. The highest BCUT2D eigenvalue weighted by atomic mass is 32.1. The van der Waals surface area contributed by atoms with Crippen LogP contribution in [0.15, 0.2) is 18.2 Å². The number of nitrogens with zero attached hydrogens (tertiary/aromatic N) is 2. The van der Waals surface area contributed by atoms with Gasteiger partial charge in [0, 0.05) is 19.2 Å². The predicted molar refractivity (Wildman–Crippen MR) is 104 cm³/mol. The summed E-state index contributed by atoms with van der Waals surface area (Å²) in [5.74, 6) is -0.692. The molecular formula is C21H26F2N2O2S. The van der Waals surface area contributed by atoms with Crippen LogP contribution in [0, 0.1) is 24.5 Å². The minimum Gasteiger partial charge on any atom is -0.488 e. The minimum atomic E-state index is -0.928. The van der Waals surface area contributed by atoms with Crippen LogP contribution < -0.4 is 4.74 Å². The number of hydrogen-bond donors (Lipinski definition) is 1. The number of benzene rings is 1. The van der Waals surface area contributed by atoms with Crippen molar-refractivity contribution in [2.45, 2.75) is 51.2 Å². The summed E-state index contributed by atoms with van der Waals surface area (Å²) < 4.78 is 32.0. The maximum Gasteiger partial charge on any atom is 0.162 e. The lowest BCUT2D eigenvalue weighted by molar-refractivity contribution is 0.0208. The van der Waals surface area contributed by atoms with Crippen molar-refractivity contribution in [3.63, 3.8) is 0 Å². The quantitative estimate of drug-likeness (QED) is 0.770. The zero-order chi connectivity index (χ0) is 19.7. The van der Waals surface area contributed by atoms with E-state index in [4.69, 9.17) is 4.74 Å². The van der Waals surface area contributed by atoms with Gasteiger partial charge in [0.05, 0.1) is 10.6 Å². The first-order chi connectivity index (χ1) is 13.4. The molecule has 0 bridgehead atoms. The number of ether oxygens (including phenoxy) is 1. The molecule has 2 fully saturated rings. The first kappa shape index (κ1) is 19.7. The molecule has 0 amide bonds. The number of aliphatic hydroxyl groups is 1. The molecule has 2 heterocycles. The molecule has 152 valence electrons. The Morgan fingerprint density at radius 1 is 1.25 bits per heavy atom. The minimum absolute atomic E-state index is 0.221. The molecular weight excluding hydrogens is 382 g/mol. The van der Waals surface area contributed by atoms with Gasteiger partial charge in [-0.2, -0.15) is 0 Å². The molecule has 4 nitrogen and oxygen atoms in total. The van der Waals surface area contributed by atoms with Gasteiger partial charge in [-0.15, -0.1) is 11.3 Å². The fourth-order valence-electron chi connectivity index (χ4n) is 3.71. The molecule has 1 saturated heterocycles. The van der Waals surface area contributed by atoms with Gasteiger partial charge in [-0.25, -0.2) is 13.8 Å². The Bertz CT molecular complexity index is 840. The van der Waals surface area contributed by atoms with Crippen LogP contribution in [0.4, 0.5) is 8.78 Å².